The normalized spacial score (nSPS) is 21.0. The van der Waals surface area contributed by atoms with Crippen molar-refractivity contribution < 1.29 is 28.4 Å². The minimum Gasteiger partial charge on any atom is -0.487 e. The van der Waals surface area contributed by atoms with Crippen LogP contribution in [-0.4, -0.2) is 129 Å². The zero-order valence-electron chi connectivity index (χ0n) is 31.5. The Morgan fingerprint density at radius 2 is 1.65 bits per heavy atom. The van der Waals surface area contributed by atoms with Gasteiger partial charge in [0.2, 0.25) is 5.95 Å². The highest BCUT2D eigenvalue weighted by Gasteiger charge is 2.32. The lowest BCUT2D eigenvalue weighted by Crippen LogP contribution is -2.51. The molecule has 2 aliphatic rings. The highest BCUT2D eigenvalue weighted by Crippen LogP contribution is 2.35. The number of nitrogens with zero attached hydrogens (tertiary/aromatic N) is 10. The third-order valence-corrected chi connectivity index (χ3v) is 9.47. The van der Waals surface area contributed by atoms with Crippen LogP contribution in [0.4, 0.5) is 11.6 Å². The van der Waals surface area contributed by atoms with Crippen LogP contribution in [0.25, 0.3) is 11.1 Å². The molecule has 17 nitrogen and oxygen atoms in total. The third kappa shape index (κ3) is 10.9. The number of aromatic nitrogens is 8. The Morgan fingerprint density at radius 3 is 2.33 bits per heavy atom. The van der Waals surface area contributed by atoms with Crippen LogP contribution >= 0.6 is 0 Å². The molecule has 1 aliphatic heterocycles. The molecule has 0 spiro atoms. The van der Waals surface area contributed by atoms with E-state index in [0.717, 1.165) is 49.9 Å². The lowest BCUT2D eigenvalue weighted by Gasteiger charge is -2.42. The Balaban J connectivity index is 1.10. The van der Waals surface area contributed by atoms with E-state index >= 15 is 0 Å². The van der Waals surface area contributed by atoms with Crippen molar-refractivity contribution in [2.24, 2.45) is 0 Å². The first-order chi connectivity index (χ1) is 26.4. The van der Waals surface area contributed by atoms with Crippen LogP contribution in [0.1, 0.15) is 58.1 Å². The zero-order chi connectivity index (χ0) is 37.7. The average molecular weight is 746 g/mol. The monoisotopic (exact) mass is 745 g/mol. The molecule has 0 amide bonds. The van der Waals surface area contributed by atoms with Gasteiger partial charge >= 0.3 is 0 Å². The lowest BCUT2D eigenvalue weighted by molar-refractivity contribution is -0.0852. The summed E-state index contributed by atoms with van der Waals surface area (Å²) < 4.78 is 38.0. The van der Waals surface area contributed by atoms with E-state index in [-0.39, 0.29) is 24.4 Å². The standard InChI is InChI=1S/C37H51N11O6/c1-26-21-46(22-27(2)53-26)32-7-9-33(10-8-32)48-24-34(36(43-48)52-16-15-51-14-13-50-12-11-49-4)42-37-39-19-31(20-40-37)29-5-6-30(18-38)35(17-29)54-28(3)23-47-25-41-44-45-47/h5-6,17,19-20,24-28,32-33H,7-16,21-23H2,1-4H3,(H,39,40,42)/t26-,27+,28-,32-,33-/m0/s1. The van der Waals surface area contributed by atoms with Crippen LogP contribution in [0.5, 0.6) is 11.6 Å². The molecular weight excluding hydrogens is 694 g/mol. The van der Waals surface area contributed by atoms with Crippen LogP contribution in [0, 0.1) is 11.3 Å². The maximum absolute atomic E-state index is 9.71. The van der Waals surface area contributed by atoms with E-state index in [2.05, 4.69) is 55.6 Å². The van der Waals surface area contributed by atoms with Gasteiger partial charge in [-0.15, -0.1) is 10.2 Å². The largest absolute Gasteiger partial charge is 0.487 e. The summed E-state index contributed by atoms with van der Waals surface area (Å²) in [4.78, 5) is 11.8. The molecule has 290 valence electrons. The number of anilines is 2. The number of ether oxygens (including phenoxy) is 6. The molecule has 1 aromatic carbocycles. The van der Waals surface area contributed by atoms with Gasteiger partial charge in [-0.2, -0.15) is 5.26 Å². The summed E-state index contributed by atoms with van der Waals surface area (Å²) in [6.45, 7) is 11.4. The van der Waals surface area contributed by atoms with Crippen molar-refractivity contribution in [3.63, 3.8) is 0 Å². The first kappa shape index (κ1) is 39.0. The molecule has 4 aromatic rings. The van der Waals surface area contributed by atoms with Gasteiger partial charge in [-0.05, 0) is 74.6 Å². The maximum atomic E-state index is 9.71. The quantitative estimate of drug-likeness (QED) is 0.136. The number of hydrogen-bond acceptors (Lipinski definition) is 15. The molecule has 0 unspecified atom stereocenters. The van der Waals surface area contributed by atoms with Gasteiger partial charge in [-0.1, -0.05) is 6.07 Å². The average Bonchev–Trinajstić information content (AvgIpc) is 3.84. The Labute approximate surface area is 315 Å². The van der Waals surface area contributed by atoms with Crippen molar-refractivity contribution in [2.75, 3.05) is 65.2 Å². The maximum Gasteiger partial charge on any atom is 0.257 e. The Kier molecular flexibility index (Phi) is 14.1. The number of methoxy groups -OCH3 is 1. The number of morpholine rings is 1. The first-order valence-corrected chi connectivity index (χ1v) is 18.7. The molecule has 0 bridgehead atoms. The number of nitriles is 1. The van der Waals surface area contributed by atoms with E-state index in [1.165, 1.54) is 6.33 Å². The van der Waals surface area contributed by atoms with Gasteiger partial charge in [0.15, 0.2) is 0 Å². The molecule has 3 atom stereocenters. The molecule has 17 heteroatoms. The Bertz CT molecular complexity index is 1750. The first-order valence-electron chi connectivity index (χ1n) is 18.7. The van der Waals surface area contributed by atoms with Crippen LogP contribution in [0.2, 0.25) is 0 Å². The summed E-state index contributed by atoms with van der Waals surface area (Å²) >= 11 is 0. The highest BCUT2D eigenvalue weighted by atomic mass is 16.6. The Morgan fingerprint density at radius 1 is 0.944 bits per heavy atom. The summed E-state index contributed by atoms with van der Waals surface area (Å²) in [5.74, 6) is 1.31. The third-order valence-electron chi connectivity index (χ3n) is 9.47. The van der Waals surface area contributed by atoms with E-state index in [1.54, 1.807) is 30.3 Å². The van der Waals surface area contributed by atoms with Crippen molar-refractivity contribution in [1.29, 1.82) is 5.26 Å². The molecule has 3 aromatic heterocycles. The van der Waals surface area contributed by atoms with Crippen molar-refractivity contribution in [3.8, 4) is 28.8 Å². The van der Waals surface area contributed by atoms with Crippen molar-refractivity contribution in [3.05, 3.63) is 48.7 Å². The van der Waals surface area contributed by atoms with Crippen LogP contribution in [-0.2, 0) is 25.5 Å². The smallest absolute Gasteiger partial charge is 0.257 e. The fourth-order valence-corrected chi connectivity index (χ4v) is 6.95. The van der Waals surface area contributed by atoms with Gasteiger partial charge in [-0.25, -0.2) is 14.6 Å². The minimum atomic E-state index is -0.282. The second-order valence-electron chi connectivity index (χ2n) is 13.8. The van der Waals surface area contributed by atoms with Gasteiger partial charge in [-0.3, -0.25) is 9.58 Å². The molecular formula is C37H51N11O6. The van der Waals surface area contributed by atoms with Crippen molar-refractivity contribution in [1.82, 2.24) is 44.9 Å². The fraction of sp³-hybridized carbons (Fsp3) is 0.595. The molecule has 0 radical (unpaired) electrons. The van der Waals surface area contributed by atoms with E-state index in [1.807, 2.05) is 29.9 Å². The van der Waals surface area contributed by atoms with E-state index in [4.69, 9.17) is 33.5 Å². The van der Waals surface area contributed by atoms with E-state index in [9.17, 15) is 5.26 Å². The van der Waals surface area contributed by atoms with Gasteiger partial charge < -0.3 is 33.7 Å². The van der Waals surface area contributed by atoms with Crippen molar-refractivity contribution >= 4 is 11.6 Å². The fourth-order valence-electron chi connectivity index (χ4n) is 6.95. The summed E-state index contributed by atoms with van der Waals surface area (Å²) in [5, 5.41) is 29.1. The molecule has 1 saturated carbocycles. The van der Waals surface area contributed by atoms with Gasteiger partial charge in [0, 0.05) is 44.2 Å². The molecule has 6 rings (SSSR count). The van der Waals surface area contributed by atoms with Crippen LogP contribution in [0.15, 0.2) is 43.1 Å². The summed E-state index contributed by atoms with van der Waals surface area (Å²) in [7, 11) is 1.65. The van der Waals surface area contributed by atoms with Gasteiger partial charge in [0.1, 0.15) is 36.5 Å². The predicted molar refractivity (Wildman–Crippen MR) is 197 cm³/mol. The second-order valence-corrected chi connectivity index (χ2v) is 13.8. The number of nitrogens with one attached hydrogen (secondary N) is 1. The number of rotatable bonds is 19. The summed E-state index contributed by atoms with van der Waals surface area (Å²) in [6.07, 6.45) is 11.5. The topological polar surface area (TPSA) is 182 Å². The molecule has 4 heterocycles. The van der Waals surface area contributed by atoms with Crippen molar-refractivity contribution in [2.45, 2.75) is 83.4 Å². The predicted octanol–water partition coefficient (Wildman–Crippen LogP) is 4.06. The van der Waals surface area contributed by atoms with E-state index < -0.39 is 0 Å². The van der Waals surface area contributed by atoms with Gasteiger partial charge in [0.05, 0.1) is 69.6 Å². The van der Waals surface area contributed by atoms with E-state index in [0.29, 0.717) is 81.1 Å². The highest BCUT2D eigenvalue weighted by molar-refractivity contribution is 5.67. The number of tetrazole rings is 1. The second kappa shape index (κ2) is 19.6. The lowest BCUT2D eigenvalue weighted by atomic mass is 9.89. The van der Waals surface area contributed by atoms with Crippen LogP contribution < -0.4 is 14.8 Å². The molecule has 1 N–H and O–H groups in total. The van der Waals surface area contributed by atoms with Gasteiger partial charge in [0.25, 0.3) is 5.88 Å². The number of benzene rings is 1. The molecule has 54 heavy (non-hydrogen) atoms. The Hall–Kier alpha value is -4.73. The zero-order valence-corrected chi connectivity index (χ0v) is 31.5. The number of hydrogen-bond donors (Lipinski definition) is 1. The SMILES string of the molecule is COCCOCCOCCOc1nn([C@H]2CC[C@H](N3C[C@@H](C)O[C@@H](C)C3)CC2)cc1Nc1ncc(-c2ccc(C#N)c(O[C@@H](C)Cn3cnnn3)c2)cn1. The molecule has 2 fully saturated rings. The molecule has 1 saturated heterocycles. The minimum absolute atomic E-state index is 0.252. The molecule has 1 aliphatic carbocycles. The summed E-state index contributed by atoms with van der Waals surface area (Å²) in [5.41, 5.74) is 2.67. The van der Waals surface area contributed by atoms with Crippen LogP contribution in [0.3, 0.4) is 0 Å². The summed E-state index contributed by atoms with van der Waals surface area (Å²) in [6, 6.07) is 8.41.